The number of benzene rings is 2. The van der Waals surface area contributed by atoms with Crippen LogP contribution >= 0.6 is 0 Å². The first-order valence-corrected chi connectivity index (χ1v) is 6.53. The van der Waals surface area contributed by atoms with Crippen LogP contribution in [0.15, 0.2) is 66.9 Å². The van der Waals surface area contributed by atoms with Crippen LogP contribution < -0.4 is 5.32 Å². The van der Waals surface area contributed by atoms with Crippen LogP contribution in [0.5, 0.6) is 0 Å². The van der Waals surface area contributed by atoms with Crippen LogP contribution in [0.3, 0.4) is 0 Å². The van der Waals surface area contributed by atoms with Gasteiger partial charge >= 0.3 is 0 Å². The van der Waals surface area contributed by atoms with Crippen LogP contribution in [0.1, 0.15) is 5.56 Å². The Balaban J connectivity index is 1.88. The maximum absolute atomic E-state index is 4.55. The second kappa shape index (κ2) is 5.53. The van der Waals surface area contributed by atoms with Crippen LogP contribution in [0.2, 0.25) is 0 Å². The Bertz CT molecular complexity index is 691. The molecule has 0 amide bonds. The van der Waals surface area contributed by atoms with E-state index < -0.39 is 0 Å². The Kier molecular flexibility index (Phi) is 3.42. The zero-order valence-electron chi connectivity index (χ0n) is 11.2. The molecule has 98 valence electrons. The fourth-order valence-electron chi connectivity index (χ4n) is 1.95. The molecule has 2 aromatic carbocycles. The largest absolute Gasteiger partial charge is 0.324 e. The molecule has 0 saturated carbocycles. The molecule has 0 aliphatic heterocycles. The highest BCUT2D eigenvalue weighted by atomic mass is 15.1. The number of para-hydroxylation sites is 1. The Morgan fingerprint density at radius 2 is 1.60 bits per heavy atom. The van der Waals surface area contributed by atoms with Gasteiger partial charge in [0.2, 0.25) is 5.95 Å². The fraction of sp³-hybridized carbons (Fsp3) is 0.0588. The maximum Gasteiger partial charge on any atom is 0.227 e. The van der Waals surface area contributed by atoms with Crippen LogP contribution in [0, 0.1) is 6.92 Å². The molecule has 20 heavy (non-hydrogen) atoms. The van der Waals surface area contributed by atoms with Crippen LogP contribution in [-0.2, 0) is 0 Å². The molecular formula is C17H15N3. The van der Waals surface area contributed by atoms with Gasteiger partial charge in [0.1, 0.15) is 0 Å². The molecule has 3 aromatic rings. The van der Waals surface area contributed by atoms with E-state index in [0.29, 0.717) is 5.95 Å². The third-order valence-corrected chi connectivity index (χ3v) is 3.03. The monoisotopic (exact) mass is 261 g/mol. The number of anilines is 2. The van der Waals surface area contributed by atoms with Gasteiger partial charge in [0, 0.05) is 17.4 Å². The fourth-order valence-corrected chi connectivity index (χ4v) is 1.95. The number of nitrogens with one attached hydrogen (secondary N) is 1. The molecule has 1 heterocycles. The van der Waals surface area contributed by atoms with Gasteiger partial charge in [0.25, 0.3) is 0 Å². The first kappa shape index (κ1) is 12.4. The second-order valence-corrected chi connectivity index (χ2v) is 4.62. The molecular weight excluding hydrogens is 246 g/mol. The lowest BCUT2D eigenvalue weighted by Gasteiger charge is -2.06. The summed E-state index contributed by atoms with van der Waals surface area (Å²) in [4.78, 5) is 8.80. The van der Waals surface area contributed by atoms with E-state index in [1.807, 2.05) is 36.4 Å². The standard InChI is InChI=1S/C17H15N3/c1-13-7-9-14(10-8-13)16-11-12-18-17(20-16)19-15-5-3-2-4-6-15/h2-12H,1H3,(H,18,19,20). The predicted octanol–water partition coefficient (Wildman–Crippen LogP) is 4.20. The van der Waals surface area contributed by atoms with Crippen molar-refractivity contribution in [3.8, 4) is 11.3 Å². The molecule has 3 rings (SSSR count). The van der Waals surface area contributed by atoms with Crippen LogP contribution in [0.25, 0.3) is 11.3 Å². The second-order valence-electron chi connectivity index (χ2n) is 4.62. The van der Waals surface area contributed by atoms with E-state index in [0.717, 1.165) is 16.9 Å². The summed E-state index contributed by atoms with van der Waals surface area (Å²) in [5.41, 5.74) is 4.23. The zero-order valence-corrected chi connectivity index (χ0v) is 11.2. The summed E-state index contributed by atoms with van der Waals surface area (Å²) < 4.78 is 0. The molecule has 3 heteroatoms. The molecule has 0 aliphatic carbocycles. The molecule has 0 fully saturated rings. The lowest BCUT2D eigenvalue weighted by molar-refractivity contribution is 1.17. The van der Waals surface area contributed by atoms with Crippen LogP contribution in [0.4, 0.5) is 11.6 Å². The third-order valence-electron chi connectivity index (χ3n) is 3.03. The molecule has 0 aliphatic rings. The van der Waals surface area contributed by atoms with E-state index in [1.165, 1.54) is 5.56 Å². The quantitative estimate of drug-likeness (QED) is 0.768. The summed E-state index contributed by atoms with van der Waals surface area (Å²) >= 11 is 0. The van der Waals surface area contributed by atoms with Crippen molar-refractivity contribution in [2.24, 2.45) is 0 Å². The van der Waals surface area contributed by atoms with Gasteiger partial charge in [0.05, 0.1) is 5.69 Å². The molecule has 0 radical (unpaired) electrons. The number of aryl methyl sites for hydroxylation is 1. The highest BCUT2D eigenvalue weighted by Crippen LogP contribution is 2.19. The molecule has 0 atom stereocenters. The summed E-state index contributed by atoms with van der Waals surface area (Å²) in [6.45, 7) is 2.08. The number of aromatic nitrogens is 2. The van der Waals surface area contributed by atoms with Gasteiger partial charge in [-0.05, 0) is 25.1 Å². The SMILES string of the molecule is Cc1ccc(-c2ccnc(Nc3ccccc3)n2)cc1. The molecule has 0 spiro atoms. The minimum Gasteiger partial charge on any atom is -0.324 e. The van der Waals surface area contributed by atoms with Gasteiger partial charge in [-0.25, -0.2) is 9.97 Å². The molecule has 1 aromatic heterocycles. The van der Waals surface area contributed by atoms with Gasteiger partial charge in [-0.1, -0.05) is 48.0 Å². The average Bonchev–Trinajstić information content (AvgIpc) is 2.49. The summed E-state index contributed by atoms with van der Waals surface area (Å²) in [5, 5.41) is 3.20. The number of rotatable bonds is 3. The molecule has 0 unspecified atom stereocenters. The minimum atomic E-state index is 0.606. The van der Waals surface area contributed by atoms with E-state index in [1.54, 1.807) is 6.20 Å². The van der Waals surface area contributed by atoms with Gasteiger partial charge in [0.15, 0.2) is 0 Å². The number of nitrogens with zero attached hydrogens (tertiary/aromatic N) is 2. The summed E-state index contributed by atoms with van der Waals surface area (Å²) in [6.07, 6.45) is 1.77. The molecule has 0 bridgehead atoms. The van der Waals surface area contributed by atoms with Crippen molar-refractivity contribution in [3.05, 3.63) is 72.4 Å². The number of hydrogen-bond acceptors (Lipinski definition) is 3. The van der Waals surface area contributed by atoms with Gasteiger partial charge in [-0.2, -0.15) is 0 Å². The maximum atomic E-state index is 4.55. The van der Waals surface area contributed by atoms with Crippen LogP contribution in [-0.4, -0.2) is 9.97 Å². The highest BCUT2D eigenvalue weighted by Gasteiger charge is 2.02. The Hall–Kier alpha value is -2.68. The van der Waals surface area contributed by atoms with Crippen molar-refractivity contribution in [2.45, 2.75) is 6.92 Å². The smallest absolute Gasteiger partial charge is 0.227 e. The van der Waals surface area contributed by atoms with Crippen molar-refractivity contribution in [2.75, 3.05) is 5.32 Å². The van der Waals surface area contributed by atoms with E-state index >= 15 is 0 Å². The summed E-state index contributed by atoms with van der Waals surface area (Å²) in [5.74, 6) is 0.606. The van der Waals surface area contributed by atoms with E-state index in [2.05, 4.69) is 46.5 Å². The Morgan fingerprint density at radius 3 is 2.35 bits per heavy atom. The topological polar surface area (TPSA) is 37.8 Å². The first-order valence-electron chi connectivity index (χ1n) is 6.53. The lowest BCUT2D eigenvalue weighted by atomic mass is 10.1. The average molecular weight is 261 g/mol. The van der Waals surface area contributed by atoms with Crippen molar-refractivity contribution in [3.63, 3.8) is 0 Å². The van der Waals surface area contributed by atoms with E-state index in [4.69, 9.17) is 0 Å². The van der Waals surface area contributed by atoms with E-state index in [-0.39, 0.29) is 0 Å². The highest BCUT2D eigenvalue weighted by molar-refractivity contribution is 5.62. The lowest BCUT2D eigenvalue weighted by Crippen LogP contribution is -1.97. The molecule has 0 saturated heterocycles. The summed E-state index contributed by atoms with van der Waals surface area (Å²) in [6, 6.07) is 20.1. The van der Waals surface area contributed by atoms with Gasteiger partial charge < -0.3 is 5.32 Å². The van der Waals surface area contributed by atoms with E-state index in [9.17, 15) is 0 Å². The van der Waals surface area contributed by atoms with Gasteiger partial charge in [-0.3, -0.25) is 0 Å². The minimum absolute atomic E-state index is 0.606. The Morgan fingerprint density at radius 1 is 0.850 bits per heavy atom. The molecule has 3 nitrogen and oxygen atoms in total. The molecule has 1 N–H and O–H groups in total. The normalized spacial score (nSPS) is 10.2. The van der Waals surface area contributed by atoms with Crippen molar-refractivity contribution < 1.29 is 0 Å². The van der Waals surface area contributed by atoms with Gasteiger partial charge in [-0.15, -0.1) is 0 Å². The van der Waals surface area contributed by atoms with Crippen molar-refractivity contribution >= 4 is 11.6 Å². The van der Waals surface area contributed by atoms with Crippen molar-refractivity contribution in [1.29, 1.82) is 0 Å². The number of hydrogen-bond donors (Lipinski definition) is 1. The predicted molar refractivity (Wildman–Crippen MR) is 81.9 cm³/mol. The van der Waals surface area contributed by atoms with Crippen molar-refractivity contribution in [1.82, 2.24) is 9.97 Å². The first-order chi connectivity index (χ1) is 9.81. The Labute approximate surface area is 118 Å². The summed E-state index contributed by atoms with van der Waals surface area (Å²) in [7, 11) is 0. The third kappa shape index (κ3) is 2.83. The zero-order chi connectivity index (χ0) is 13.8.